The molecule has 1 fully saturated rings. The van der Waals surface area contributed by atoms with Crippen molar-refractivity contribution in [1.29, 1.82) is 0 Å². The molecule has 0 unspecified atom stereocenters. The first-order valence-corrected chi connectivity index (χ1v) is 9.07. The van der Waals surface area contributed by atoms with Crippen LogP contribution in [0.2, 0.25) is 0 Å². The first-order valence-electron chi connectivity index (χ1n) is 9.07. The summed E-state index contributed by atoms with van der Waals surface area (Å²) in [7, 11) is 0. The van der Waals surface area contributed by atoms with Crippen molar-refractivity contribution in [1.82, 2.24) is 14.9 Å². The Labute approximate surface area is 162 Å². The van der Waals surface area contributed by atoms with Crippen LogP contribution in [-0.2, 0) is 11.3 Å². The molecule has 1 aliphatic rings. The highest BCUT2D eigenvalue weighted by atomic mass is 16.7. The van der Waals surface area contributed by atoms with Crippen LogP contribution in [0.25, 0.3) is 0 Å². The van der Waals surface area contributed by atoms with E-state index in [4.69, 9.17) is 9.57 Å². The van der Waals surface area contributed by atoms with Crippen molar-refractivity contribution in [2.75, 3.05) is 13.1 Å². The number of rotatable bonds is 4. The SMILES string of the molecule is O=C(N[C@@H]1CCCN(C(=O)OCc2ccccc2)CC1)On1c(O)ccc1O. The fourth-order valence-electron chi connectivity index (χ4n) is 3.01. The van der Waals surface area contributed by atoms with E-state index in [9.17, 15) is 19.8 Å². The van der Waals surface area contributed by atoms with Gasteiger partial charge in [0.1, 0.15) is 6.61 Å². The summed E-state index contributed by atoms with van der Waals surface area (Å²) >= 11 is 0. The summed E-state index contributed by atoms with van der Waals surface area (Å²) in [6.07, 6.45) is 0.729. The Kier molecular flexibility index (Phi) is 6.25. The molecular weight excluding hydrogens is 366 g/mol. The van der Waals surface area contributed by atoms with E-state index in [-0.39, 0.29) is 30.5 Å². The molecule has 1 aromatic carbocycles. The molecule has 0 radical (unpaired) electrons. The molecule has 1 atom stereocenters. The summed E-state index contributed by atoms with van der Waals surface area (Å²) < 4.78 is 5.98. The highest BCUT2D eigenvalue weighted by molar-refractivity contribution is 5.69. The topological polar surface area (TPSA) is 113 Å². The standard InChI is InChI=1S/C19H23N3O6/c23-16-8-9-17(24)22(16)28-18(25)20-15-7-4-11-21(12-10-15)19(26)27-13-14-5-2-1-3-6-14/h1-3,5-6,8-9,15,23-24H,4,7,10-13H2,(H,20,25)/t15-/m1/s1. The molecule has 28 heavy (non-hydrogen) atoms. The van der Waals surface area contributed by atoms with Crippen molar-refractivity contribution < 1.29 is 29.4 Å². The summed E-state index contributed by atoms with van der Waals surface area (Å²) in [5, 5.41) is 21.7. The number of aromatic nitrogens is 1. The number of amides is 2. The van der Waals surface area contributed by atoms with Crippen LogP contribution >= 0.6 is 0 Å². The lowest BCUT2D eigenvalue weighted by Gasteiger charge is -2.20. The predicted octanol–water partition coefficient (Wildman–Crippen LogP) is 2.23. The summed E-state index contributed by atoms with van der Waals surface area (Å²) in [5.41, 5.74) is 0.921. The third-order valence-electron chi connectivity index (χ3n) is 4.49. The Morgan fingerprint density at radius 1 is 1.04 bits per heavy atom. The van der Waals surface area contributed by atoms with Crippen molar-refractivity contribution in [2.24, 2.45) is 0 Å². The van der Waals surface area contributed by atoms with E-state index < -0.39 is 6.09 Å². The Balaban J connectivity index is 1.45. The molecule has 0 aliphatic carbocycles. The quantitative estimate of drug-likeness (QED) is 0.739. The minimum absolute atomic E-state index is 0.195. The van der Waals surface area contributed by atoms with Gasteiger partial charge in [-0.1, -0.05) is 30.3 Å². The maximum absolute atomic E-state index is 12.3. The number of carbonyl (C=O) groups is 2. The molecule has 0 spiro atoms. The third-order valence-corrected chi connectivity index (χ3v) is 4.49. The largest absolute Gasteiger partial charge is 0.492 e. The molecule has 150 valence electrons. The van der Waals surface area contributed by atoms with Crippen molar-refractivity contribution >= 4 is 12.2 Å². The highest BCUT2D eigenvalue weighted by Gasteiger charge is 2.23. The van der Waals surface area contributed by atoms with Gasteiger partial charge in [-0.2, -0.15) is 0 Å². The second kappa shape index (κ2) is 9.03. The summed E-state index contributed by atoms with van der Waals surface area (Å²) in [6.45, 7) is 1.20. The summed E-state index contributed by atoms with van der Waals surface area (Å²) in [5.74, 6) is -0.776. The monoisotopic (exact) mass is 389 g/mol. The molecule has 1 aromatic heterocycles. The van der Waals surface area contributed by atoms with Crippen molar-refractivity contribution in [2.45, 2.75) is 31.9 Å². The number of ether oxygens (including phenoxy) is 1. The molecule has 1 aliphatic heterocycles. The van der Waals surface area contributed by atoms with Crippen molar-refractivity contribution in [3.63, 3.8) is 0 Å². The number of nitrogens with one attached hydrogen (secondary N) is 1. The second-order valence-corrected chi connectivity index (χ2v) is 6.52. The zero-order valence-corrected chi connectivity index (χ0v) is 15.3. The lowest BCUT2D eigenvalue weighted by Crippen LogP contribution is -2.40. The molecule has 1 saturated heterocycles. The summed E-state index contributed by atoms with van der Waals surface area (Å²) in [6, 6.07) is 11.7. The van der Waals surface area contributed by atoms with Gasteiger partial charge in [0.05, 0.1) is 0 Å². The average Bonchev–Trinajstić information content (AvgIpc) is 2.88. The van der Waals surface area contributed by atoms with Gasteiger partial charge in [0, 0.05) is 31.3 Å². The van der Waals surface area contributed by atoms with Crippen LogP contribution in [0, 0.1) is 0 Å². The Morgan fingerprint density at radius 2 is 1.75 bits per heavy atom. The number of hydrogen-bond donors (Lipinski definition) is 3. The second-order valence-electron chi connectivity index (χ2n) is 6.52. The van der Waals surface area contributed by atoms with Gasteiger partial charge in [0.25, 0.3) is 0 Å². The number of likely N-dealkylation sites (tertiary alicyclic amines) is 1. The fourth-order valence-corrected chi connectivity index (χ4v) is 3.01. The van der Waals surface area contributed by atoms with E-state index in [0.29, 0.717) is 37.1 Å². The Hall–Kier alpha value is -3.36. The van der Waals surface area contributed by atoms with Crippen LogP contribution in [0.4, 0.5) is 9.59 Å². The van der Waals surface area contributed by atoms with Crippen molar-refractivity contribution in [3.8, 4) is 11.8 Å². The van der Waals surface area contributed by atoms with Gasteiger partial charge in [0.15, 0.2) is 0 Å². The van der Waals surface area contributed by atoms with Crippen LogP contribution < -0.4 is 10.2 Å². The minimum Gasteiger partial charge on any atom is -0.492 e. The first kappa shape index (κ1) is 19.4. The van der Waals surface area contributed by atoms with Gasteiger partial charge >= 0.3 is 12.2 Å². The van der Waals surface area contributed by atoms with E-state index in [1.807, 2.05) is 30.3 Å². The molecule has 3 N–H and O–H groups in total. The van der Waals surface area contributed by atoms with Gasteiger partial charge in [-0.3, -0.25) is 0 Å². The maximum atomic E-state index is 12.3. The van der Waals surface area contributed by atoms with Gasteiger partial charge in [0.2, 0.25) is 11.8 Å². The van der Waals surface area contributed by atoms with E-state index >= 15 is 0 Å². The Morgan fingerprint density at radius 3 is 2.46 bits per heavy atom. The van der Waals surface area contributed by atoms with Gasteiger partial charge in [-0.15, -0.1) is 4.73 Å². The maximum Gasteiger partial charge on any atom is 0.432 e. The minimum atomic E-state index is -0.799. The summed E-state index contributed by atoms with van der Waals surface area (Å²) in [4.78, 5) is 30.8. The molecule has 2 aromatic rings. The molecule has 2 amide bonds. The van der Waals surface area contributed by atoms with Crippen LogP contribution in [0.15, 0.2) is 42.5 Å². The lowest BCUT2D eigenvalue weighted by atomic mass is 10.1. The van der Waals surface area contributed by atoms with Crippen molar-refractivity contribution in [3.05, 3.63) is 48.0 Å². The number of carbonyl (C=O) groups excluding carboxylic acids is 2. The van der Waals surface area contributed by atoms with Crippen LogP contribution in [0.1, 0.15) is 24.8 Å². The number of hydrogen-bond acceptors (Lipinski definition) is 6. The first-order chi connectivity index (χ1) is 13.5. The zero-order valence-electron chi connectivity index (χ0n) is 15.3. The molecule has 9 nitrogen and oxygen atoms in total. The molecule has 9 heteroatoms. The molecule has 2 heterocycles. The smallest absolute Gasteiger partial charge is 0.432 e. The van der Waals surface area contributed by atoms with Crippen LogP contribution in [0.5, 0.6) is 11.8 Å². The van der Waals surface area contributed by atoms with Gasteiger partial charge < -0.3 is 30.0 Å². The lowest BCUT2D eigenvalue weighted by molar-refractivity contribution is 0.0966. The van der Waals surface area contributed by atoms with Crippen LogP contribution in [0.3, 0.4) is 0 Å². The van der Waals surface area contributed by atoms with E-state index in [1.54, 1.807) is 4.90 Å². The highest BCUT2D eigenvalue weighted by Crippen LogP contribution is 2.19. The zero-order chi connectivity index (χ0) is 19.9. The third kappa shape index (κ3) is 5.09. The van der Waals surface area contributed by atoms with E-state index in [2.05, 4.69) is 5.32 Å². The van der Waals surface area contributed by atoms with E-state index in [1.165, 1.54) is 12.1 Å². The molecule has 3 rings (SSSR count). The molecular formula is C19H23N3O6. The molecule has 0 saturated carbocycles. The predicted molar refractivity (Wildman–Crippen MR) is 98.7 cm³/mol. The van der Waals surface area contributed by atoms with E-state index in [0.717, 1.165) is 5.56 Å². The van der Waals surface area contributed by atoms with Crippen LogP contribution in [-0.4, -0.2) is 51.2 Å². The fraction of sp³-hybridized carbons (Fsp3) is 0.368. The average molecular weight is 389 g/mol. The normalized spacial score (nSPS) is 16.9. The number of aromatic hydroxyl groups is 2. The van der Waals surface area contributed by atoms with Gasteiger partial charge in [-0.05, 0) is 24.8 Å². The number of benzene rings is 1. The molecule has 0 bridgehead atoms. The number of nitrogens with zero attached hydrogens (tertiary/aromatic N) is 2. The van der Waals surface area contributed by atoms with Gasteiger partial charge in [-0.25, -0.2) is 9.59 Å². The Bertz CT molecular complexity index is 788.